The first-order valence-corrected chi connectivity index (χ1v) is 9.47. The average molecular weight is 384 g/mol. The second-order valence-corrected chi connectivity index (χ2v) is 8.19. The second kappa shape index (κ2) is 9.00. The third kappa shape index (κ3) is 6.19. The summed E-state index contributed by atoms with van der Waals surface area (Å²) in [5.74, 6) is -0.869. The van der Waals surface area contributed by atoms with E-state index >= 15 is 0 Å². The Balaban J connectivity index is 2.27. The lowest BCUT2D eigenvalue weighted by Crippen LogP contribution is -2.52. The van der Waals surface area contributed by atoms with Crippen LogP contribution in [0.4, 0.5) is 4.39 Å². The first kappa shape index (κ1) is 21.6. The van der Waals surface area contributed by atoms with Crippen LogP contribution in [0.25, 0.3) is 0 Å². The highest BCUT2D eigenvalue weighted by atomic mass is 19.1. The van der Waals surface area contributed by atoms with Gasteiger partial charge in [0.2, 0.25) is 11.8 Å². The lowest BCUT2D eigenvalue weighted by molar-refractivity contribution is -0.140. The van der Waals surface area contributed by atoms with Gasteiger partial charge >= 0.3 is 0 Å². The van der Waals surface area contributed by atoms with Gasteiger partial charge in [-0.05, 0) is 46.2 Å². The Kier molecular flexibility index (Phi) is 6.95. The third-order valence-corrected chi connectivity index (χ3v) is 4.40. The predicted octanol–water partition coefficient (Wildman–Crippen LogP) is 4.01. The Hall–Kier alpha value is -2.69. The van der Waals surface area contributed by atoms with E-state index in [0.717, 1.165) is 11.1 Å². The number of hydrogen-bond donors (Lipinski definition) is 1. The molecule has 0 aliphatic heterocycles. The van der Waals surface area contributed by atoms with Gasteiger partial charge in [0.25, 0.3) is 0 Å². The summed E-state index contributed by atoms with van der Waals surface area (Å²) in [6.07, 6.45) is 0.156. The maximum atomic E-state index is 14.2. The van der Waals surface area contributed by atoms with Gasteiger partial charge in [-0.3, -0.25) is 9.59 Å². The van der Waals surface area contributed by atoms with Crippen LogP contribution in [0.15, 0.2) is 48.5 Å². The first-order chi connectivity index (χ1) is 13.1. The van der Waals surface area contributed by atoms with Crippen LogP contribution in [0.1, 0.15) is 44.4 Å². The summed E-state index contributed by atoms with van der Waals surface area (Å²) in [6, 6.07) is 13.3. The van der Waals surface area contributed by atoms with Crippen LogP contribution in [0, 0.1) is 12.7 Å². The molecule has 0 spiro atoms. The number of benzene rings is 2. The minimum absolute atomic E-state index is 0.0377. The van der Waals surface area contributed by atoms with Crippen molar-refractivity contribution < 1.29 is 14.0 Å². The fourth-order valence-corrected chi connectivity index (χ4v) is 2.97. The highest BCUT2D eigenvalue weighted by molar-refractivity contribution is 5.88. The summed E-state index contributed by atoms with van der Waals surface area (Å²) in [4.78, 5) is 27.2. The number of nitrogens with one attached hydrogen (secondary N) is 1. The zero-order valence-corrected chi connectivity index (χ0v) is 17.3. The molecule has 0 bridgehead atoms. The molecule has 28 heavy (non-hydrogen) atoms. The van der Waals surface area contributed by atoms with Gasteiger partial charge in [0.1, 0.15) is 11.9 Å². The molecule has 2 aromatic carbocycles. The summed E-state index contributed by atoms with van der Waals surface area (Å²) in [7, 11) is 0. The van der Waals surface area contributed by atoms with E-state index in [4.69, 9.17) is 0 Å². The van der Waals surface area contributed by atoms with Crippen molar-refractivity contribution >= 4 is 11.8 Å². The summed E-state index contributed by atoms with van der Waals surface area (Å²) >= 11 is 0. The summed E-state index contributed by atoms with van der Waals surface area (Å²) in [5.41, 5.74) is 1.89. The normalized spacial score (nSPS) is 12.4. The molecule has 0 radical (unpaired) electrons. The lowest BCUT2D eigenvalue weighted by Gasteiger charge is -2.31. The monoisotopic (exact) mass is 384 g/mol. The minimum atomic E-state index is -0.726. The quantitative estimate of drug-likeness (QED) is 0.818. The van der Waals surface area contributed by atoms with Gasteiger partial charge < -0.3 is 10.2 Å². The van der Waals surface area contributed by atoms with E-state index in [0.29, 0.717) is 5.56 Å². The van der Waals surface area contributed by atoms with Crippen LogP contribution in [-0.2, 0) is 22.6 Å². The Labute approximate surface area is 166 Å². The first-order valence-electron chi connectivity index (χ1n) is 9.47. The van der Waals surface area contributed by atoms with Crippen molar-refractivity contribution in [2.45, 2.75) is 59.2 Å². The van der Waals surface area contributed by atoms with Gasteiger partial charge in [-0.15, -0.1) is 0 Å². The van der Waals surface area contributed by atoms with Crippen LogP contribution in [0.3, 0.4) is 0 Å². The molecule has 0 aromatic heterocycles. The third-order valence-electron chi connectivity index (χ3n) is 4.40. The molecule has 4 nitrogen and oxygen atoms in total. The van der Waals surface area contributed by atoms with E-state index in [1.807, 2.05) is 52.0 Å². The van der Waals surface area contributed by atoms with Crippen molar-refractivity contribution in [3.05, 3.63) is 71.0 Å². The molecule has 0 aliphatic carbocycles. The second-order valence-electron chi connectivity index (χ2n) is 8.19. The van der Waals surface area contributed by atoms with Gasteiger partial charge in [-0.1, -0.05) is 48.0 Å². The molecule has 5 heteroatoms. The van der Waals surface area contributed by atoms with E-state index in [1.54, 1.807) is 25.1 Å². The fourth-order valence-electron chi connectivity index (χ4n) is 2.97. The molecular formula is C23H29FN2O2. The van der Waals surface area contributed by atoms with Crippen LogP contribution < -0.4 is 5.32 Å². The largest absolute Gasteiger partial charge is 0.350 e. The van der Waals surface area contributed by atoms with E-state index in [9.17, 15) is 14.0 Å². The van der Waals surface area contributed by atoms with Crippen molar-refractivity contribution in [3.8, 4) is 0 Å². The van der Waals surface area contributed by atoms with Crippen LogP contribution >= 0.6 is 0 Å². The number of nitrogens with zero attached hydrogens (tertiary/aromatic N) is 1. The number of rotatable bonds is 6. The van der Waals surface area contributed by atoms with Gasteiger partial charge in [-0.25, -0.2) is 4.39 Å². The molecule has 0 saturated carbocycles. The molecule has 1 N–H and O–H groups in total. The van der Waals surface area contributed by atoms with Gasteiger partial charge in [0.05, 0.1) is 6.42 Å². The van der Waals surface area contributed by atoms with E-state index in [2.05, 4.69) is 5.32 Å². The average Bonchev–Trinajstić information content (AvgIpc) is 2.59. The molecule has 1 unspecified atom stereocenters. The van der Waals surface area contributed by atoms with Gasteiger partial charge in [0.15, 0.2) is 0 Å². The van der Waals surface area contributed by atoms with E-state index in [-0.39, 0.29) is 30.6 Å². The summed E-state index contributed by atoms with van der Waals surface area (Å²) < 4.78 is 14.2. The Morgan fingerprint density at radius 3 is 2.39 bits per heavy atom. The number of aryl methyl sites for hydroxylation is 1. The molecule has 0 fully saturated rings. The number of amides is 2. The predicted molar refractivity (Wildman–Crippen MR) is 109 cm³/mol. The zero-order valence-electron chi connectivity index (χ0n) is 17.3. The SMILES string of the molecule is Cc1cccc(CC(=O)N(Cc2ccccc2F)C(C)C(=O)NC(C)(C)C)c1. The zero-order chi connectivity index (χ0) is 20.9. The molecule has 1 atom stereocenters. The van der Waals surface area contributed by atoms with Gasteiger partial charge in [0, 0.05) is 17.6 Å². The van der Waals surface area contributed by atoms with Crippen molar-refractivity contribution in [2.75, 3.05) is 0 Å². The van der Waals surface area contributed by atoms with Crippen molar-refractivity contribution in [1.29, 1.82) is 0 Å². The van der Waals surface area contributed by atoms with E-state index in [1.165, 1.54) is 11.0 Å². The molecule has 0 heterocycles. The smallest absolute Gasteiger partial charge is 0.242 e. The topological polar surface area (TPSA) is 49.4 Å². The maximum absolute atomic E-state index is 14.2. The van der Waals surface area contributed by atoms with Crippen molar-refractivity contribution in [2.24, 2.45) is 0 Å². The summed E-state index contributed by atoms with van der Waals surface area (Å²) in [6.45, 7) is 9.32. The summed E-state index contributed by atoms with van der Waals surface area (Å²) in [5, 5.41) is 2.90. The number of hydrogen-bond acceptors (Lipinski definition) is 2. The molecule has 2 aromatic rings. The van der Waals surface area contributed by atoms with E-state index < -0.39 is 11.6 Å². The standard InChI is InChI=1S/C23H29FN2O2/c1-16-9-8-10-18(13-16)14-21(27)26(15-19-11-6-7-12-20(19)24)17(2)22(28)25-23(3,4)5/h6-13,17H,14-15H2,1-5H3,(H,25,28). The number of carbonyl (C=O) groups is 2. The maximum Gasteiger partial charge on any atom is 0.242 e. The number of halogens is 1. The van der Waals surface area contributed by atoms with Crippen LogP contribution in [-0.4, -0.2) is 28.3 Å². The van der Waals surface area contributed by atoms with Gasteiger partial charge in [-0.2, -0.15) is 0 Å². The Morgan fingerprint density at radius 1 is 1.11 bits per heavy atom. The van der Waals surface area contributed by atoms with Crippen molar-refractivity contribution in [1.82, 2.24) is 10.2 Å². The van der Waals surface area contributed by atoms with Crippen LogP contribution in [0.5, 0.6) is 0 Å². The lowest BCUT2D eigenvalue weighted by atomic mass is 10.1. The number of carbonyl (C=O) groups excluding carboxylic acids is 2. The Morgan fingerprint density at radius 2 is 1.79 bits per heavy atom. The van der Waals surface area contributed by atoms with Crippen molar-refractivity contribution in [3.63, 3.8) is 0 Å². The minimum Gasteiger partial charge on any atom is -0.350 e. The molecule has 0 aliphatic rings. The molecule has 150 valence electrons. The highest BCUT2D eigenvalue weighted by Gasteiger charge is 2.28. The highest BCUT2D eigenvalue weighted by Crippen LogP contribution is 2.16. The molecular weight excluding hydrogens is 355 g/mol. The Bertz CT molecular complexity index is 842. The van der Waals surface area contributed by atoms with Crippen LogP contribution in [0.2, 0.25) is 0 Å². The molecule has 2 amide bonds. The molecule has 0 saturated heterocycles. The molecule has 2 rings (SSSR count). The fraction of sp³-hybridized carbons (Fsp3) is 0.391.